The van der Waals surface area contributed by atoms with Gasteiger partial charge in [-0.15, -0.1) is 0 Å². The zero-order chi connectivity index (χ0) is 11.7. The van der Waals surface area contributed by atoms with E-state index in [1.807, 2.05) is 36.4 Å². The van der Waals surface area contributed by atoms with Crippen LogP contribution in [-0.4, -0.2) is 11.1 Å². The van der Waals surface area contributed by atoms with Crippen LogP contribution in [0.3, 0.4) is 0 Å². The average molecular weight is 204 g/mol. The Morgan fingerprint density at radius 2 is 1.93 bits per heavy atom. The van der Waals surface area contributed by atoms with E-state index in [0.29, 0.717) is 6.42 Å². The first-order valence-electron chi connectivity index (χ1n) is 4.70. The second-order valence-corrected chi connectivity index (χ2v) is 2.88. The Labute approximate surface area is 90.6 Å². The molecule has 0 aliphatic rings. The molecule has 0 saturated heterocycles. The Hall–Kier alpha value is -1.83. The molecule has 0 atom stereocenters. The predicted molar refractivity (Wildman–Crippen MR) is 63.6 cm³/mol. The standard InChI is InChI=1S/C8H8.C5H8O2/c1-2-8-6-4-3-5-7-8;1-3-4(2)5(6)7/h2-7H,1H2;2-3H2,1H3,(H,6,7). The number of carboxylic acids is 1. The van der Waals surface area contributed by atoms with Crippen molar-refractivity contribution >= 4 is 12.0 Å². The number of carboxylic acid groups (broad SMARTS) is 1. The van der Waals surface area contributed by atoms with Gasteiger partial charge in [0.1, 0.15) is 0 Å². The van der Waals surface area contributed by atoms with Crippen LogP contribution in [-0.2, 0) is 4.79 Å². The normalized spacial score (nSPS) is 8.33. The first-order valence-corrected chi connectivity index (χ1v) is 4.70. The second kappa shape index (κ2) is 7.56. The minimum Gasteiger partial charge on any atom is -0.478 e. The zero-order valence-corrected chi connectivity index (χ0v) is 8.94. The van der Waals surface area contributed by atoms with Gasteiger partial charge in [0.05, 0.1) is 0 Å². The van der Waals surface area contributed by atoms with Crippen molar-refractivity contribution in [2.75, 3.05) is 0 Å². The molecule has 1 rings (SSSR count). The van der Waals surface area contributed by atoms with Crippen LogP contribution in [0.4, 0.5) is 0 Å². The SMILES string of the molecule is C=C(CC)C(=O)O.C=Cc1ccccc1. The van der Waals surface area contributed by atoms with Crippen LogP contribution >= 0.6 is 0 Å². The molecule has 1 aromatic rings. The number of rotatable bonds is 3. The summed E-state index contributed by atoms with van der Waals surface area (Å²) in [6.45, 7) is 8.66. The summed E-state index contributed by atoms with van der Waals surface area (Å²) in [5.74, 6) is -0.900. The van der Waals surface area contributed by atoms with E-state index >= 15 is 0 Å². The molecule has 0 aliphatic carbocycles. The van der Waals surface area contributed by atoms with E-state index in [4.69, 9.17) is 5.11 Å². The largest absolute Gasteiger partial charge is 0.478 e. The Morgan fingerprint density at radius 1 is 1.40 bits per heavy atom. The number of hydrogen-bond donors (Lipinski definition) is 1. The van der Waals surface area contributed by atoms with Gasteiger partial charge in [0.25, 0.3) is 0 Å². The van der Waals surface area contributed by atoms with E-state index in [0.717, 1.165) is 0 Å². The molecule has 0 spiro atoms. The van der Waals surface area contributed by atoms with Gasteiger partial charge < -0.3 is 5.11 Å². The second-order valence-electron chi connectivity index (χ2n) is 2.88. The zero-order valence-electron chi connectivity index (χ0n) is 8.94. The molecule has 0 amide bonds. The van der Waals surface area contributed by atoms with Gasteiger partial charge in [0.2, 0.25) is 0 Å². The van der Waals surface area contributed by atoms with Crippen molar-refractivity contribution in [3.05, 3.63) is 54.6 Å². The fourth-order valence-electron chi connectivity index (χ4n) is 0.740. The van der Waals surface area contributed by atoms with Crippen molar-refractivity contribution in [1.82, 2.24) is 0 Å². The van der Waals surface area contributed by atoms with Gasteiger partial charge in [-0.2, -0.15) is 0 Å². The van der Waals surface area contributed by atoms with Crippen molar-refractivity contribution in [1.29, 1.82) is 0 Å². The lowest BCUT2D eigenvalue weighted by Crippen LogP contribution is -1.95. The lowest BCUT2D eigenvalue weighted by molar-refractivity contribution is -0.132. The van der Waals surface area contributed by atoms with E-state index < -0.39 is 5.97 Å². The molecular weight excluding hydrogens is 188 g/mol. The van der Waals surface area contributed by atoms with Gasteiger partial charge in [0, 0.05) is 5.57 Å². The van der Waals surface area contributed by atoms with Crippen LogP contribution in [0.2, 0.25) is 0 Å². The minimum absolute atomic E-state index is 0.264. The predicted octanol–water partition coefficient (Wildman–Crippen LogP) is 3.37. The summed E-state index contributed by atoms with van der Waals surface area (Å²) >= 11 is 0. The van der Waals surface area contributed by atoms with E-state index in [9.17, 15) is 4.79 Å². The van der Waals surface area contributed by atoms with Gasteiger partial charge in [-0.05, 0) is 12.0 Å². The molecule has 0 heterocycles. The minimum atomic E-state index is -0.900. The summed E-state index contributed by atoms with van der Waals surface area (Å²) in [6.07, 6.45) is 2.36. The Morgan fingerprint density at radius 3 is 2.13 bits per heavy atom. The molecule has 2 nitrogen and oxygen atoms in total. The molecule has 0 bridgehead atoms. The summed E-state index contributed by atoms with van der Waals surface area (Å²) in [5.41, 5.74) is 1.44. The molecule has 0 aliphatic heterocycles. The van der Waals surface area contributed by atoms with Gasteiger partial charge in [-0.25, -0.2) is 4.79 Å². The first kappa shape index (κ1) is 13.2. The van der Waals surface area contributed by atoms with E-state index in [-0.39, 0.29) is 5.57 Å². The quantitative estimate of drug-likeness (QED) is 0.766. The van der Waals surface area contributed by atoms with Crippen molar-refractivity contribution in [2.45, 2.75) is 13.3 Å². The summed E-state index contributed by atoms with van der Waals surface area (Å²) in [7, 11) is 0. The highest BCUT2D eigenvalue weighted by molar-refractivity contribution is 5.85. The molecule has 0 unspecified atom stereocenters. The van der Waals surface area contributed by atoms with E-state index in [1.165, 1.54) is 5.56 Å². The average Bonchev–Trinajstić information content (AvgIpc) is 2.29. The van der Waals surface area contributed by atoms with E-state index in [1.54, 1.807) is 6.92 Å². The summed E-state index contributed by atoms with van der Waals surface area (Å²) < 4.78 is 0. The maximum Gasteiger partial charge on any atom is 0.330 e. The highest BCUT2D eigenvalue weighted by Gasteiger charge is 1.96. The highest BCUT2D eigenvalue weighted by Crippen LogP contribution is 1.97. The molecule has 0 aromatic heterocycles. The molecule has 0 saturated carbocycles. The lowest BCUT2D eigenvalue weighted by atomic mass is 10.2. The van der Waals surface area contributed by atoms with Crippen molar-refractivity contribution in [3.63, 3.8) is 0 Å². The number of benzene rings is 1. The smallest absolute Gasteiger partial charge is 0.330 e. The fourth-order valence-corrected chi connectivity index (χ4v) is 0.740. The molecule has 2 heteroatoms. The summed E-state index contributed by atoms with van der Waals surface area (Å²) in [5, 5.41) is 8.08. The molecule has 80 valence electrons. The molecule has 0 fully saturated rings. The van der Waals surface area contributed by atoms with Crippen LogP contribution in [0.5, 0.6) is 0 Å². The Bertz CT molecular complexity index is 326. The van der Waals surface area contributed by atoms with E-state index in [2.05, 4.69) is 13.2 Å². The first-order chi connectivity index (χ1) is 7.11. The molecule has 15 heavy (non-hydrogen) atoms. The summed E-state index contributed by atoms with van der Waals surface area (Å²) in [4.78, 5) is 9.83. The Kier molecular flexibility index (Phi) is 6.64. The van der Waals surface area contributed by atoms with Gasteiger partial charge in [-0.1, -0.05) is 56.5 Å². The fraction of sp³-hybridized carbons (Fsp3) is 0.154. The summed E-state index contributed by atoms with van der Waals surface area (Å²) in [6, 6.07) is 10.0. The number of hydrogen-bond acceptors (Lipinski definition) is 1. The Balaban J connectivity index is 0.000000265. The number of aliphatic carboxylic acids is 1. The van der Waals surface area contributed by atoms with Crippen LogP contribution in [0.25, 0.3) is 6.08 Å². The third-order valence-electron chi connectivity index (χ3n) is 1.76. The highest BCUT2D eigenvalue weighted by atomic mass is 16.4. The molecule has 0 radical (unpaired) electrons. The van der Waals surface area contributed by atoms with Crippen LogP contribution in [0.1, 0.15) is 18.9 Å². The van der Waals surface area contributed by atoms with Crippen LogP contribution in [0.15, 0.2) is 49.1 Å². The van der Waals surface area contributed by atoms with Crippen molar-refractivity contribution in [2.24, 2.45) is 0 Å². The molecule has 1 N–H and O–H groups in total. The van der Waals surface area contributed by atoms with Crippen molar-refractivity contribution < 1.29 is 9.90 Å². The maximum absolute atomic E-state index is 9.83. The monoisotopic (exact) mass is 204 g/mol. The van der Waals surface area contributed by atoms with Gasteiger partial charge in [-0.3, -0.25) is 0 Å². The van der Waals surface area contributed by atoms with Crippen molar-refractivity contribution in [3.8, 4) is 0 Å². The molecule has 1 aromatic carbocycles. The third kappa shape index (κ3) is 6.27. The van der Waals surface area contributed by atoms with Gasteiger partial charge >= 0.3 is 5.97 Å². The van der Waals surface area contributed by atoms with Crippen LogP contribution in [0, 0.1) is 0 Å². The van der Waals surface area contributed by atoms with Gasteiger partial charge in [0.15, 0.2) is 0 Å². The maximum atomic E-state index is 9.83. The number of carbonyl (C=O) groups is 1. The lowest BCUT2D eigenvalue weighted by Gasteiger charge is -1.87. The molecular formula is C13H16O2. The topological polar surface area (TPSA) is 37.3 Å². The van der Waals surface area contributed by atoms with Crippen LogP contribution < -0.4 is 0 Å². The third-order valence-corrected chi connectivity index (χ3v) is 1.76.